The molecule has 0 radical (unpaired) electrons. The normalized spacial score (nSPS) is 27.6. The van der Waals surface area contributed by atoms with Gasteiger partial charge in [0.1, 0.15) is 5.82 Å². The van der Waals surface area contributed by atoms with Crippen molar-refractivity contribution in [1.82, 2.24) is 0 Å². The molecule has 1 aliphatic rings. The van der Waals surface area contributed by atoms with Crippen LogP contribution in [0, 0.1) is 23.6 Å². The predicted molar refractivity (Wildman–Crippen MR) is 80.2 cm³/mol. The van der Waals surface area contributed by atoms with Crippen LogP contribution in [0.2, 0.25) is 5.02 Å². The van der Waals surface area contributed by atoms with E-state index in [2.05, 4.69) is 26.1 Å². The maximum absolute atomic E-state index is 13.8. The number of nitrogens with one attached hydrogen (secondary N) is 1. The number of hydrogen-bond acceptors (Lipinski definition) is 1. The van der Waals surface area contributed by atoms with E-state index in [1.54, 1.807) is 12.1 Å². The highest BCUT2D eigenvalue weighted by molar-refractivity contribution is 6.30. The van der Waals surface area contributed by atoms with Gasteiger partial charge < -0.3 is 5.32 Å². The van der Waals surface area contributed by atoms with Gasteiger partial charge in [-0.2, -0.15) is 0 Å². The number of anilines is 1. The van der Waals surface area contributed by atoms with E-state index in [4.69, 9.17) is 11.6 Å². The Hall–Kier alpha value is -0.760. The van der Waals surface area contributed by atoms with Crippen LogP contribution in [0.5, 0.6) is 0 Å². The SMILES string of the molecule is CC1CCC(C(C)C)C(Nc2cc(Cl)ccc2F)C1. The lowest BCUT2D eigenvalue weighted by Gasteiger charge is -2.38. The van der Waals surface area contributed by atoms with Gasteiger partial charge in [0.05, 0.1) is 5.69 Å². The number of rotatable bonds is 3. The first kappa shape index (κ1) is 14.6. The lowest BCUT2D eigenvalue weighted by molar-refractivity contribution is 0.211. The highest BCUT2D eigenvalue weighted by Gasteiger charge is 2.30. The molecule has 3 atom stereocenters. The number of hydrogen-bond donors (Lipinski definition) is 1. The Morgan fingerprint density at radius 3 is 2.74 bits per heavy atom. The molecule has 1 saturated carbocycles. The van der Waals surface area contributed by atoms with Crippen molar-refractivity contribution in [1.29, 1.82) is 0 Å². The molecule has 0 spiro atoms. The largest absolute Gasteiger partial charge is 0.380 e. The highest BCUT2D eigenvalue weighted by Crippen LogP contribution is 2.35. The fourth-order valence-corrected chi connectivity index (χ4v) is 3.35. The average Bonchev–Trinajstić information content (AvgIpc) is 2.33. The minimum Gasteiger partial charge on any atom is -0.380 e. The predicted octanol–water partition coefficient (Wildman–Crippen LogP) is 5.35. The molecule has 0 bridgehead atoms. The van der Waals surface area contributed by atoms with Gasteiger partial charge in [0.2, 0.25) is 0 Å². The second kappa shape index (κ2) is 6.13. The first-order chi connectivity index (χ1) is 8.97. The van der Waals surface area contributed by atoms with Crippen LogP contribution >= 0.6 is 11.6 Å². The zero-order valence-corrected chi connectivity index (χ0v) is 12.7. The van der Waals surface area contributed by atoms with Crippen molar-refractivity contribution in [3.05, 3.63) is 29.0 Å². The smallest absolute Gasteiger partial charge is 0.146 e. The molecule has 1 aromatic rings. The topological polar surface area (TPSA) is 12.0 Å². The molecule has 1 fully saturated rings. The quantitative estimate of drug-likeness (QED) is 0.788. The van der Waals surface area contributed by atoms with Gasteiger partial charge in [-0.1, -0.05) is 38.8 Å². The van der Waals surface area contributed by atoms with E-state index >= 15 is 0 Å². The molecule has 0 aromatic heterocycles. The van der Waals surface area contributed by atoms with E-state index in [1.807, 2.05) is 0 Å². The van der Waals surface area contributed by atoms with Crippen LogP contribution in [0.15, 0.2) is 18.2 Å². The van der Waals surface area contributed by atoms with E-state index in [0.29, 0.717) is 34.5 Å². The number of halogens is 2. The first-order valence-corrected chi connectivity index (χ1v) is 7.56. The van der Waals surface area contributed by atoms with Crippen LogP contribution in [-0.4, -0.2) is 6.04 Å². The molecule has 1 N–H and O–H groups in total. The van der Waals surface area contributed by atoms with E-state index in [9.17, 15) is 4.39 Å². The summed E-state index contributed by atoms with van der Waals surface area (Å²) in [6.45, 7) is 6.78. The summed E-state index contributed by atoms with van der Waals surface area (Å²) >= 11 is 5.96. The molecule has 1 aliphatic carbocycles. The van der Waals surface area contributed by atoms with Crippen LogP contribution in [0.3, 0.4) is 0 Å². The summed E-state index contributed by atoms with van der Waals surface area (Å²) in [6.07, 6.45) is 3.60. The van der Waals surface area contributed by atoms with E-state index in [-0.39, 0.29) is 5.82 Å². The van der Waals surface area contributed by atoms with E-state index in [1.165, 1.54) is 18.9 Å². The summed E-state index contributed by atoms with van der Waals surface area (Å²) in [5, 5.41) is 3.97. The van der Waals surface area contributed by atoms with Crippen molar-refractivity contribution in [3.8, 4) is 0 Å². The van der Waals surface area contributed by atoms with E-state index in [0.717, 1.165) is 6.42 Å². The van der Waals surface area contributed by atoms with Crippen LogP contribution in [0.1, 0.15) is 40.0 Å². The zero-order valence-electron chi connectivity index (χ0n) is 11.9. The minimum atomic E-state index is -0.217. The molecule has 0 amide bonds. The maximum Gasteiger partial charge on any atom is 0.146 e. The average molecular weight is 284 g/mol. The Bertz CT molecular complexity index is 433. The maximum atomic E-state index is 13.8. The standard InChI is InChI=1S/C16H23ClFN/c1-10(2)13-6-4-11(3)8-15(13)19-16-9-12(17)5-7-14(16)18/h5,7,9-11,13,15,19H,4,6,8H2,1-3H3. The van der Waals surface area contributed by atoms with Gasteiger partial charge in [-0.3, -0.25) is 0 Å². The van der Waals surface area contributed by atoms with Crippen LogP contribution in [0.25, 0.3) is 0 Å². The van der Waals surface area contributed by atoms with Crippen molar-refractivity contribution >= 4 is 17.3 Å². The molecule has 0 heterocycles. The Morgan fingerprint density at radius 1 is 1.32 bits per heavy atom. The van der Waals surface area contributed by atoms with Crippen LogP contribution in [-0.2, 0) is 0 Å². The zero-order chi connectivity index (χ0) is 14.0. The van der Waals surface area contributed by atoms with Gasteiger partial charge >= 0.3 is 0 Å². The van der Waals surface area contributed by atoms with Crippen LogP contribution < -0.4 is 5.32 Å². The van der Waals surface area contributed by atoms with Crippen molar-refractivity contribution in [2.75, 3.05) is 5.32 Å². The lowest BCUT2D eigenvalue weighted by atomic mass is 9.74. The molecular formula is C16H23ClFN. The molecule has 0 saturated heterocycles. The summed E-state index contributed by atoms with van der Waals surface area (Å²) in [7, 11) is 0. The van der Waals surface area contributed by atoms with Gasteiger partial charge in [0, 0.05) is 11.1 Å². The molecule has 3 heteroatoms. The number of benzene rings is 1. The summed E-state index contributed by atoms with van der Waals surface area (Å²) in [5.74, 6) is 1.71. The lowest BCUT2D eigenvalue weighted by Crippen LogP contribution is -2.38. The summed E-state index contributed by atoms with van der Waals surface area (Å²) < 4.78 is 13.8. The molecule has 2 rings (SSSR count). The van der Waals surface area contributed by atoms with Crippen molar-refractivity contribution in [3.63, 3.8) is 0 Å². The third-order valence-corrected chi connectivity index (χ3v) is 4.53. The fourth-order valence-electron chi connectivity index (χ4n) is 3.18. The molecule has 3 unspecified atom stereocenters. The summed E-state index contributed by atoms with van der Waals surface area (Å²) in [6, 6.07) is 5.05. The molecule has 106 valence electrons. The van der Waals surface area contributed by atoms with Gasteiger partial charge in [-0.05, 0) is 48.8 Å². The van der Waals surface area contributed by atoms with Crippen molar-refractivity contribution < 1.29 is 4.39 Å². The summed E-state index contributed by atoms with van der Waals surface area (Å²) in [5.41, 5.74) is 0.539. The van der Waals surface area contributed by atoms with Crippen molar-refractivity contribution in [2.45, 2.75) is 46.1 Å². The molecule has 0 aliphatic heterocycles. The molecule has 1 aromatic carbocycles. The Kier molecular flexibility index (Phi) is 4.72. The Balaban J connectivity index is 2.16. The molecular weight excluding hydrogens is 261 g/mol. The monoisotopic (exact) mass is 283 g/mol. The second-order valence-corrected chi connectivity index (χ2v) is 6.64. The van der Waals surface area contributed by atoms with Gasteiger partial charge in [0.15, 0.2) is 0 Å². The fraction of sp³-hybridized carbons (Fsp3) is 0.625. The Labute approximate surface area is 120 Å². The van der Waals surface area contributed by atoms with Gasteiger partial charge in [-0.15, -0.1) is 0 Å². The second-order valence-electron chi connectivity index (χ2n) is 6.20. The van der Waals surface area contributed by atoms with Gasteiger partial charge in [0.25, 0.3) is 0 Å². The van der Waals surface area contributed by atoms with Crippen molar-refractivity contribution in [2.24, 2.45) is 17.8 Å². The third kappa shape index (κ3) is 3.62. The summed E-state index contributed by atoms with van der Waals surface area (Å²) in [4.78, 5) is 0. The Morgan fingerprint density at radius 2 is 2.05 bits per heavy atom. The minimum absolute atomic E-state index is 0.217. The highest BCUT2D eigenvalue weighted by atomic mass is 35.5. The molecule has 1 nitrogen and oxygen atoms in total. The van der Waals surface area contributed by atoms with E-state index < -0.39 is 0 Å². The third-order valence-electron chi connectivity index (χ3n) is 4.29. The first-order valence-electron chi connectivity index (χ1n) is 7.19. The van der Waals surface area contributed by atoms with Crippen LogP contribution in [0.4, 0.5) is 10.1 Å². The molecule has 19 heavy (non-hydrogen) atoms. The van der Waals surface area contributed by atoms with Gasteiger partial charge in [-0.25, -0.2) is 4.39 Å².